The van der Waals surface area contributed by atoms with E-state index in [-0.39, 0.29) is 5.92 Å². The van der Waals surface area contributed by atoms with Gasteiger partial charge >= 0.3 is 11.9 Å². The van der Waals surface area contributed by atoms with Crippen LogP contribution in [0.3, 0.4) is 0 Å². The maximum absolute atomic E-state index is 12.7. The highest BCUT2D eigenvalue weighted by atomic mass is 16.9. The summed E-state index contributed by atoms with van der Waals surface area (Å²) in [6, 6.07) is -1.07. The van der Waals surface area contributed by atoms with Gasteiger partial charge in [0, 0.05) is 18.7 Å². The van der Waals surface area contributed by atoms with E-state index in [9.17, 15) is 9.59 Å². The Morgan fingerprint density at radius 3 is 2.23 bits per heavy atom. The zero-order valence-corrected chi connectivity index (χ0v) is 18.9. The van der Waals surface area contributed by atoms with Crippen molar-refractivity contribution >= 4 is 17.7 Å². The van der Waals surface area contributed by atoms with Crippen LogP contribution in [0.25, 0.3) is 0 Å². The van der Waals surface area contributed by atoms with Gasteiger partial charge in [0.05, 0.1) is 11.4 Å². The second-order valence-corrected chi connectivity index (χ2v) is 7.37. The standard InChI is InChI=1S/C22H36N4O4/c1-8-13-18-15-25(11-4)19(10-3)21(27)29-24-30-22(28)20(16(6)7)26(12-5)14-17(9-2)23-18/h8-9,13,16,19-20,24H,1-2,10-12,14-15H2,3-7H3/b18-13-,23-17+. The van der Waals surface area contributed by atoms with E-state index in [1.165, 1.54) is 0 Å². The lowest BCUT2D eigenvalue weighted by Gasteiger charge is -2.32. The van der Waals surface area contributed by atoms with E-state index in [1.54, 1.807) is 12.2 Å². The topological polar surface area (TPSA) is 83.5 Å². The molecular weight excluding hydrogens is 384 g/mol. The van der Waals surface area contributed by atoms with Crippen LogP contribution in [-0.4, -0.2) is 65.7 Å². The molecule has 2 atom stereocenters. The summed E-state index contributed by atoms with van der Waals surface area (Å²) in [6.45, 7) is 19.4. The fraction of sp³-hybridized carbons (Fsp3) is 0.591. The van der Waals surface area contributed by atoms with Crippen molar-refractivity contribution in [1.82, 2.24) is 15.4 Å². The molecule has 1 rings (SSSR count). The van der Waals surface area contributed by atoms with E-state index in [1.807, 2.05) is 50.5 Å². The van der Waals surface area contributed by atoms with Crippen LogP contribution in [0.1, 0.15) is 41.0 Å². The molecule has 1 aliphatic rings. The lowest BCUT2D eigenvalue weighted by atomic mass is 10.0. The number of carbonyl (C=O) groups excluding carboxylic acids is 2. The van der Waals surface area contributed by atoms with E-state index < -0.39 is 24.0 Å². The highest BCUT2D eigenvalue weighted by molar-refractivity contribution is 5.97. The summed E-state index contributed by atoms with van der Waals surface area (Å²) >= 11 is 0. The quantitative estimate of drug-likeness (QED) is 0.707. The Bertz CT molecular complexity index is 672. The Hall–Kier alpha value is -2.29. The van der Waals surface area contributed by atoms with Crippen LogP contribution >= 0.6 is 0 Å². The maximum Gasteiger partial charge on any atom is 0.346 e. The Balaban J connectivity index is 3.44. The minimum Gasteiger partial charge on any atom is -0.334 e. The first kappa shape index (κ1) is 25.7. The first-order valence-corrected chi connectivity index (χ1v) is 10.5. The second-order valence-electron chi connectivity index (χ2n) is 7.37. The van der Waals surface area contributed by atoms with Crippen LogP contribution in [0.4, 0.5) is 0 Å². The summed E-state index contributed by atoms with van der Waals surface area (Å²) in [4.78, 5) is 44.1. The smallest absolute Gasteiger partial charge is 0.334 e. The monoisotopic (exact) mass is 420 g/mol. The van der Waals surface area contributed by atoms with Gasteiger partial charge in [-0.2, -0.15) is 0 Å². The lowest BCUT2D eigenvalue weighted by Crippen LogP contribution is -2.50. The number of nitrogens with one attached hydrogen (secondary N) is 1. The van der Waals surface area contributed by atoms with E-state index in [0.29, 0.717) is 32.6 Å². The Morgan fingerprint density at radius 1 is 1.10 bits per heavy atom. The van der Waals surface area contributed by atoms with Crippen molar-refractivity contribution in [2.45, 2.75) is 53.1 Å². The van der Waals surface area contributed by atoms with Crippen molar-refractivity contribution in [2.75, 3.05) is 26.2 Å². The van der Waals surface area contributed by atoms with Crippen molar-refractivity contribution < 1.29 is 19.3 Å². The molecule has 8 heteroatoms. The van der Waals surface area contributed by atoms with Crippen LogP contribution in [0.2, 0.25) is 0 Å². The first-order chi connectivity index (χ1) is 14.3. The van der Waals surface area contributed by atoms with E-state index in [4.69, 9.17) is 14.7 Å². The van der Waals surface area contributed by atoms with Gasteiger partial charge in [0.25, 0.3) is 0 Å². The fourth-order valence-corrected chi connectivity index (χ4v) is 3.50. The Morgan fingerprint density at radius 2 is 1.73 bits per heavy atom. The summed E-state index contributed by atoms with van der Waals surface area (Å²) in [5, 5.41) is 0. The maximum atomic E-state index is 12.7. The molecule has 8 nitrogen and oxygen atoms in total. The minimum atomic E-state index is -0.546. The molecule has 0 saturated carbocycles. The molecule has 0 fully saturated rings. The van der Waals surface area contributed by atoms with Gasteiger partial charge in [-0.25, -0.2) is 9.59 Å². The molecule has 168 valence electrons. The van der Waals surface area contributed by atoms with Gasteiger partial charge in [0.15, 0.2) is 0 Å². The zero-order valence-electron chi connectivity index (χ0n) is 18.9. The molecule has 1 aliphatic heterocycles. The predicted molar refractivity (Wildman–Crippen MR) is 118 cm³/mol. The molecular formula is C22H36N4O4. The molecule has 0 amide bonds. The average Bonchev–Trinajstić information content (AvgIpc) is 2.71. The highest BCUT2D eigenvalue weighted by Crippen LogP contribution is 2.16. The molecule has 0 spiro atoms. The van der Waals surface area contributed by atoms with Crippen LogP contribution < -0.4 is 5.64 Å². The van der Waals surface area contributed by atoms with Crippen molar-refractivity contribution in [3.8, 4) is 0 Å². The molecule has 0 saturated heterocycles. The third-order valence-corrected chi connectivity index (χ3v) is 5.03. The van der Waals surface area contributed by atoms with Crippen LogP contribution in [0, 0.1) is 5.92 Å². The number of nitrogens with zero attached hydrogens (tertiary/aromatic N) is 3. The molecule has 2 unspecified atom stereocenters. The van der Waals surface area contributed by atoms with Crippen molar-refractivity contribution in [3.05, 3.63) is 37.1 Å². The summed E-state index contributed by atoms with van der Waals surface area (Å²) in [6.07, 6.45) is 5.70. The molecule has 1 heterocycles. The van der Waals surface area contributed by atoms with Crippen LogP contribution in [-0.2, 0) is 19.3 Å². The molecule has 0 aromatic carbocycles. The van der Waals surface area contributed by atoms with Crippen LogP contribution in [0.5, 0.6) is 0 Å². The summed E-state index contributed by atoms with van der Waals surface area (Å²) < 4.78 is 0. The Labute approximate surface area is 180 Å². The number of hydrogen-bond acceptors (Lipinski definition) is 8. The number of carbonyl (C=O) groups is 2. The zero-order chi connectivity index (χ0) is 22.7. The normalized spacial score (nSPS) is 26.5. The van der Waals surface area contributed by atoms with Gasteiger partial charge in [0.1, 0.15) is 12.1 Å². The van der Waals surface area contributed by atoms with Gasteiger partial charge < -0.3 is 9.68 Å². The van der Waals surface area contributed by atoms with Gasteiger partial charge in [-0.15, -0.1) is 0 Å². The highest BCUT2D eigenvalue weighted by Gasteiger charge is 2.32. The third kappa shape index (κ3) is 7.19. The first-order valence-electron chi connectivity index (χ1n) is 10.5. The van der Waals surface area contributed by atoms with Gasteiger partial charge in [-0.05, 0) is 37.6 Å². The largest absolute Gasteiger partial charge is 0.346 e. The number of rotatable bonds is 6. The van der Waals surface area contributed by atoms with E-state index in [0.717, 1.165) is 11.4 Å². The molecule has 0 aliphatic carbocycles. The van der Waals surface area contributed by atoms with Crippen LogP contribution in [0.15, 0.2) is 42.1 Å². The molecule has 0 radical (unpaired) electrons. The number of likely N-dealkylation sites (N-methyl/N-ethyl adjacent to an activating group) is 2. The SMILES string of the molecule is C=C/C=C1CN(CC)C(CC)C(=O)ONOC(=O)C(C(C)C)N(CC)C/C(C=C)=N/1. The summed E-state index contributed by atoms with van der Waals surface area (Å²) in [5.74, 6) is -1.08. The number of aliphatic imine (C=N–C) groups is 1. The lowest BCUT2D eigenvalue weighted by molar-refractivity contribution is -0.206. The molecule has 0 aromatic heterocycles. The Kier molecular flexibility index (Phi) is 11.2. The number of allylic oxidation sites excluding steroid dienone is 2. The molecule has 0 bridgehead atoms. The third-order valence-electron chi connectivity index (χ3n) is 5.03. The predicted octanol–water partition coefficient (Wildman–Crippen LogP) is 2.65. The molecule has 30 heavy (non-hydrogen) atoms. The average molecular weight is 421 g/mol. The van der Waals surface area contributed by atoms with Gasteiger partial charge in [-0.1, -0.05) is 53.9 Å². The van der Waals surface area contributed by atoms with Crippen molar-refractivity contribution in [2.24, 2.45) is 10.9 Å². The van der Waals surface area contributed by atoms with Gasteiger partial charge in [-0.3, -0.25) is 14.8 Å². The minimum absolute atomic E-state index is 0.0314. The summed E-state index contributed by atoms with van der Waals surface area (Å²) in [7, 11) is 0. The summed E-state index contributed by atoms with van der Waals surface area (Å²) in [5.41, 5.74) is 3.58. The number of hydrogen-bond donors (Lipinski definition) is 1. The van der Waals surface area contributed by atoms with Crippen molar-refractivity contribution in [1.29, 1.82) is 0 Å². The van der Waals surface area contributed by atoms with Gasteiger partial charge in [0.2, 0.25) is 0 Å². The van der Waals surface area contributed by atoms with E-state index >= 15 is 0 Å². The van der Waals surface area contributed by atoms with E-state index in [2.05, 4.69) is 18.8 Å². The second kappa shape index (κ2) is 13.1. The fourth-order valence-electron chi connectivity index (χ4n) is 3.50. The molecule has 1 N–H and O–H groups in total. The molecule has 0 aromatic rings. The van der Waals surface area contributed by atoms with Crippen molar-refractivity contribution in [3.63, 3.8) is 0 Å².